The zero-order valence-corrected chi connectivity index (χ0v) is 12.3. The van der Waals surface area contributed by atoms with Gasteiger partial charge < -0.3 is 5.32 Å². The highest BCUT2D eigenvalue weighted by molar-refractivity contribution is 5.90. The molecule has 0 aliphatic carbocycles. The molecule has 0 heterocycles. The maximum atomic E-state index is 11.8. The molecule has 0 fully saturated rings. The van der Waals surface area contributed by atoms with E-state index in [0.717, 1.165) is 12.1 Å². The van der Waals surface area contributed by atoms with Gasteiger partial charge in [-0.15, -0.1) is 0 Å². The lowest BCUT2D eigenvalue weighted by Gasteiger charge is -2.11. The minimum atomic E-state index is 0.132. The molecule has 0 radical (unpaired) electrons. The molecule has 0 aliphatic rings. The van der Waals surface area contributed by atoms with E-state index in [2.05, 4.69) is 19.2 Å². The van der Waals surface area contributed by atoms with Crippen LogP contribution in [0.3, 0.4) is 0 Å². The summed E-state index contributed by atoms with van der Waals surface area (Å²) in [6.07, 6.45) is 8.30. The fraction of sp³-hybridized carbons (Fsp3) is 0.588. The Hall–Kier alpha value is -1.31. The van der Waals surface area contributed by atoms with Crippen molar-refractivity contribution in [2.75, 3.05) is 5.32 Å². The van der Waals surface area contributed by atoms with Gasteiger partial charge in [-0.1, -0.05) is 70.6 Å². The first-order valence-corrected chi connectivity index (χ1v) is 7.57. The second kappa shape index (κ2) is 9.60. The topological polar surface area (TPSA) is 29.1 Å². The molecule has 2 nitrogen and oxygen atoms in total. The van der Waals surface area contributed by atoms with Crippen molar-refractivity contribution in [3.8, 4) is 0 Å². The largest absolute Gasteiger partial charge is 0.326 e. The Balaban J connectivity index is 2.14. The number of anilines is 1. The third-order valence-corrected chi connectivity index (χ3v) is 3.39. The summed E-state index contributed by atoms with van der Waals surface area (Å²) >= 11 is 0. The zero-order valence-electron chi connectivity index (χ0n) is 12.3. The van der Waals surface area contributed by atoms with Gasteiger partial charge in [-0.25, -0.2) is 0 Å². The number of hydrogen-bond donors (Lipinski definition) is 1. The van der Waals surface area contributed by atoms with Crippen molar-refractivity contribution in [3.63, 3.8) is 0 Å². The van der Waals surface area contributed by atoms with Crippen LogP contribution in [-0.4, -0.2) is 5.91 Å². The van der Waals surface area contributed by atoms with Crippen LogP contribution in [0.5, 0.6) is 0 Å². The summed E-state index contributed by atoms with van der Waals surface area (Å²) in [5.41, 5.74) is 0.891. The number of carbonyl (C=O) groups excluding carboxylic acids is 1. The quantitative estimate of drug-likeness (QED) is 0.622. The van der Waals surface area contributed by atoms with E-state index in [9.17, 15) is 4.79 Å². The molecule has 0 saturated carbocycles. The summed E-state index contributed by atoms with van der Waals surface area (Å²) < 4.78 is 0. The van der Waals surface area contributed by atoms with Crippen LogP contribution in [0.1, 0.15) is 58.8 Å². The molecule has 2 heteroatoms. The normalized spacial score (nSPS) is 12.1. The van der Waals surface area contributed by atoms with Crippen molar-refractivity contribution in [2.45, 2.75) is 58.8 Å². The highest BCUT2D eigenvalue weighted by Gasteiger charge is 2.08. The highest BCUT2D eigenvalue weighted by atomic mass is 16.1. The molecule has 0 aromatic heterocycles. The fourth-order valence-corrected chi connectivity index (χ4v) is 2.25. The summed E-state index contributed by atoms with van der Waals surface area (Å²) in [7, 11) is 0. The molecule has 106 valence electrons. The SMILES string of the molecule is CCCCCCCC(C)CC(=O)Nc1ccccc1. The van der Waals surface area contributed by atoms with Crippen LogP contribution in [0.25, 0.3) is 0 Å². The van der Waals surface area contributed by atoms with Gasteiger partial charge in [-0.05, 0) is 18.1 Å². The van der Waals surface area contributed by atoms with Crippen LogP contribution in [0, 0.1) is 5.92 Å². The van der Waals surface area contributed by atoms with E-state index >= 15 is 0 Å². The van der Waals surface area contributed by atoms with Crippen molar-refractivity contribution in [1.29, 1.82) is 0 Å². The fourth-order valence-electron chi connectivity index (χ4n) is 2.25. The number of rotatable bonds is 9. The Morgan fingerprint density at radius 2 is 1.79 bits per heavy atom. The lowest BCUT2D eigenvalue weighted by atomic mass is 9.99. The maximum absolute atomic E-state index is 11.8. The Labute approximate surface area is 117 Å². The van der Waals surface area contributed by atoms with Crippen molar-refractivity contribution < 1.29 is 4.79 Å². The van der Waals surface area contributed by atoms with E-state index in [1.165, 1.54) is 32.1 Å². The van der Waals surface area contributed by atoms with Gasteiger partial charge in [0.25, 0.3) is 0 Å². The van der Waals surface area contributed by atoms with Gasteiger partial charge in [-0.2, -0.15) is 0 Å². The molecule has 0 aliphatic heterocycles. The van der Waals surface area contributed by atoms with Crippen LogP contribution >= 0.6 is 0 Å². The maximum Gasteiger partial charge on any atom is 0.224 e. The van der Waals surface area contributed by atoms with E-state index in [0.29, 0.717) is 12.3 Å². The minimum absolute atomic E-state index is 0.132. The van der Waals surface area contributed by atoms with E-state index in [4.69, 9.17) is 0 Å². The van der Waals surface area contributed by atoms with Gasteiger partial charge in [0, 0.05) is 12.1 Å². The molecular formula is C17H27NO. The molecule has 0 spiro atoms. The molecule has 1 unspecified atom stereocenters. The van der Waals surface area contributed by atoms with Gasteiger partial charge >= 0.3 is 0 Å². The second-order valence-corrected chi connectivity index (χ2v) is 5.43. The Morgan fingerprint density at radius 1 is 1.11 bits per heavy atom. The smallest absolute Gasteiger partial charge is 0.224 e. The van der Waals surface area contributed by atoms with Crippen molar-refractivity contribution in [2.24, 2.45) is 5.92 Å². The molecule has 1 aromatic rings. The van der Waals surface area contributed by atoms with Gasteiger partial charge in [0.05, 0.1) is 0 Å². The van der Waals surface area contributed by atoms with Crippen LogP contribution in [-0.2, 0) is 4.79 Å². The number of benzene rings is 1. The molecule has 1 N–H and O–H groups in total. The molecule has 0 saturated heterocycles. The van der Waals surface area contributed by atoms with Crippen LogP contribution < -0.4 is 5.32 Å². The number of unbranched alkanes of at least 4 members (excludes halogenated alkanes) is 4. The average molecular weight is 261 g/mol. The average Bonchev–Trinajstić information content (AvgIpc) is 2.39. The summed E-state index contributed by atoms with van der Waals surface area (Å²) in [5.74, 6) is 0.609. The first-order valence-electron chi connectivity index (χ1n) is 7.57. The van der Waals surface area contributed by atoms with Gasteiger partial charge in [0.15, 0.2) is 0 Å². The zero-order chi connectivity index (χ0) is 13.9. The van der Waals surface area contributed by atoms with E-state index < -0.39 is 0 Å². The predicted molar refractivity (Wildman–Crippen MR) is 82.2 cm³/mol. The Morgan fingerprint density at radius 3 is 2.47 bits per heavy atom. The standard InChI is InChI=1S/C17H27NO/c1-3-4-5-6-8-11-15(2)14-17(19)18-16-12-9-7-10-13-16/h7,9-10,12-13,15H,3-6,8,11,14H2,1-2H3,(H,18,19). The molecule has 19 heavy (non-hydrogen) atoms. The van der Waals surface area contributed by atoms with E-state index in [1.54, 1.807) is 0 Å². The number of nitrogens with one attached hydrogen (secondary N) is 1. The molecule has 1 rings (SSSR count). The monoisotopic (exact) mass is 261 g/mol. The first-order chi connectivity index (χ1) is 9.22. The molecular weight excluding hydrogens is 234 g/mol. The molecule has 1 amide bonds. The summed E-state index contributed by atoms with van der Waals surface area (Å²) in [4.78, 5) is 11.8. The molecule has 1 aromatic carbocycles. The Kier molecular flexibility index (Phi) is 7.95. The number of carbonyl (C=O) groups is 1. The third kappa shape index (κ3) is 7.66. The van der Waals surface area contributed by atoms with Crippen LogP contribution in [0.4, 0.5) is 5.69 Å². The van der Waals surface area contributed by atoms with Crippen LogP contribution in [0.2, 0.25) is 0 Å². The van der Waals surface area contributed by atoms with E-state index in [1.807, 2.05) is 30.3 Å². The summed E-state index contributed by atoms with van der Waals surface area (Å²) in [6, 6.07) is 9.68. The van der Waals surface area contributed by atoms with Crippen molar-refractivity contribution in [3.05, 3.63) is 30.3 Å². The van der Waals surface area contributed by atoms with E-state index in [-0.39, 0.29) is 5.91 Å². The molecule has 1 atom stereocenters. The van der Waals surface area contributed by atoms with Crippen LogP contribution in [0.15, 0.2) is 30.3 Å². The summed E-state index contributed by atoms with van der Waals surface area (Å²) in [5, 5.41) is 2.94. The van der Waals surface area contributed by atoms with Gasteiger partial charge in [0.2, 0.25) is 5.91 Å². The van der Waals surface area contributed by atoms with Gasteiger partial charge in [-0.3, -0.25) is 4.79 Å². The number of amides is 1. The number of para-hydroxylation sites is 1. The first kappa shape index (κ1) is 15.7. The number of hydrogen-bond acceptors (Lipinski definition) is 1. The summed E-state index contributed by atoms with van der Waals surface area (Å²) in [6.45, 7) is 4.40. The minimum Gasteiger partial charge on any atom is -0.326 e. The third-order valence-electron chi connectivity index (χ3n) is 3.39. The van der Waals surface area contributed by atoms with Gasteiger partial charge in [0.1, 0.15) is 0 Å². The predicted octanol–water partition coefficient (Wildman–Crippen LogP) is 5.01. The highest BCUT2D eigenvalue weighted by Crippen LogP contribution is 2.15. The lowest BCUT2D eigenvalue weighted by molar-refractivity contribution is -0.117. The van der Waals surface area contributed by atoms with Crippen molar-refractivity contribution in [1.82, 2.24) is 0 Å². The lowest BCUT2D eigenvalue weighted by Crippen LogP contribution is -2.15. The van der Waals surface area contributed by atoms with Crippen molar-refractivity contribution >= 4 is 11.6 Å². The second-order valence-electron chi connectivity index (χ2n) is 5.43. The Bertz CT molecular complexity index is 348. The molecule has 0 bridgehead atoms.